The average molecular weight is 530 g/mol. The van der Waals surface area contributed by atoms with Gasteiger partial charge in [0.15, 0.2) is 0 Å². The van der Waals surface area contributed by atoms with Gasteiger partial charge in [-0.2, -0.15) is 0 Å². The molecule has 1 unspecified atom stereocenters. The largest absolute Gasteiger partial charge is 0.386 e. The molecule has 0 saturated carbocycles. The van der Waals surface area contributed by atoms with Crippen molar-refractivity contribution in [3.63, 3.8) is 0 Å². The lowest BCUT2D eigenvalue weighted by atomic mass is 10.1. The molecule has 0 saturated heterocycles. The maximum atomic E-state index is 12.0. The summed E-state index contributed by atoms with van der Waals surface area (Å²) in [5, 5.41) is 0. The number of nitrogens with two attached hydrogens (primary N) is 1. The zero-order valence-electron chi connectivity index (χ0n) is 22.9. The van der Waals surface area contributed by atoms with Crippen LogP contribution in [0.2, 0.25) is 0 Å². The van der Waals surface area contributed by atoms with Crippen LogP contribution < -0.4 is 5.73 Å². The van der Waals surface area contributed by atoms with E-state index in [4.69, 9.17) is 10.3 Å². The molecule has 0 aliphatic heterocycles. The van der Waals surface area contributed by atoms with Gasteiger partial charge in [0.1, 0.15) is 0 Å². The Morgan fingerprint density at radius 1 is 0.714 bits per heavy atom. The van der Waals surface area contributed by atoms with Gasteiger partial charge in [-0.15, -0.1) is 0 Å². The first-order valence-corrected chi connectivity index (χ1v) is 17.6. The Morgan fingerprint density at radius 3 is 1.57 bits per heavy atom. The Hall–Kier alpha value is -0.320. The van der Waals surface area contributed by atoms with Crippen molar-refractivity contribution >= 4 is 18.2 Å². The Balaban J connectivity index is 0.00000121. The quantitative estimate of drug-likeness (QED) is 0.109. The van der Waals surface area contributed by atoms with E-state index >= 15 is 0 Å². The van der Waals surface area contributed by atoms with Crippen molar-refractivity contribution in [2.24, 2.45) is 5.73 Å². The van der Waals surface area contributed by atoms with Crippen LogP contribution in [0.1, 0.15) is 135 Å². The van der Waals surface area contributed by atoms with E-state index in [0.29, 0.717) is 13.2 Å². The molecule has 6 heteroatoms. The second kappa shape index (κ2) is 26.7. The first-order chi connectivity index (χ1) is 17.1. The van der Waals surface area contributed by atoms with Crippen LogP contribution in [0.5, 0.6) is 0 Å². The van der Waals surface area contributed by atoms with Crippen LogP contribution >= 0.6 is 18.2 Å². The van der Waals surface area contributed by atoms with Crippen LogP contribution in [0.15, 0.2) is 30.3 Å². The predicted octanol–water partition coefficient (Wildman–Crippen LogP) is 10.0. The van der Waals surface area contributed by atoms with Gasteiger partial charge >= 0.3 is 6.80 Å². The maximum Gasteiger partial charge on any atom is 0.386 e. The molecule has 1 aromatic rings. The third-order valence-electron chi connectivity index (χ3n) is 6.08. The van der Waals surface area contributed by atoms with Crippen molar-refractivity contribution in [1.29, 1.82) is 0 Å². The fraction of sp³-hybridized carbons (Fsp3) is 0.793. The second-order valence-corrected chi connectivity index (χ2v) is 13.5. The monoisotopic (exact) mass is 529 g/mol. The average Bonchev–Trinajstić information content (AvgIpc) is 2.87. The van der Waals surface area contributed by atoms with Crippen molar-refractivity contribution < 1.29 is 14.0 Å². The smallest absolute Gasteiger partial charge is 0.326 e. The van der Waals surface area contributed by atoms with Gasteiger partial charge in [0.05, 0.1) is 6.61 Å². The molecule has 1 atom stereocenters. The molecular formula is C29H56NO3PS. The lowest BCUT2D eigenvalue weighted by Gasteiger charge is -2.11. The van der Waals surface area contributed by atoms with Crippen LogP contribution in [0, 0.1) is 0 Å². The second-order valence-electron chi connectivity index (χ2n) is 9.48. The van der Waals surface area contributed by atoms with Gasteiger partial charge < -0.3 is 15.2 Å². The van der Waals surface area contributed by atoms with E-state index in [2.05, 4.69) is 13.8 Å². The van der Waals surface area contributed by atoms with Crippen molar-refractivity contribution in [2.75, 3.05) is 12.4 Å². The van der Waals surface area contributed by atoms with Gasteiger partial charge in [-0.3, -0.25) is 0 Å². The molecule has 1 aromatic carbocycles. The van der Waals surface area contributed by atoms with E-state index < -0.39 is 6.80 Å². The number of rotatable bonds is 23. The molecule has 0 heterocycles. The lowest BCUT2D eigenvalue weighted by Crippen LogP contribution is -1.94. The Kier molecular flexibility index (Phi) is 26.5. The van der Waals surface area contributed by atoms with Crippen molar-refractivity contribution in [1.82, 2.24) is 0 Å². The van der Waals surface area contributed by atoms with Crippen molar-refractivity contribution in [3.8, 4) is 0 Å². The van der Waals surface area contributed by atoms with Crippen LogP contribution in [-0.2, 0) is 15.6 Å². The zero-order valence-corrected chi connectivity index (χ0v) is 24.6. The summed E-state index contributed by atoms with van der Waals surface area (Å²) >= 11 is 1.12. The topological polar surface area (TPSA) is 72.5 Å². The van der Waals surface area contributed by atoms with Crippen LogP contribution in [0.3, 0.4) is 0 Å². The van der Waals surface area contributed by atoms with Gasteiger partial charge in [-0.25, -0.2) is 4.57 Å². The fourth-order valence-electron chi connectivity index (χ4n) is 3.84. The zero-order chi connectivity index (χ0) is 25.9. The predicted molar refractivity (Wildman–Crippen MR) is 157 cm³/mol. The van der Waals surface area contributed by atoms with E-state index in [0.717, 1.165) is 36.4 Å². The van der Waals surface area contributed by atoms with Gasteiger partial charge in [-0.1, -0.05) is 147 Å². The van der Waals surface area contributed by atoms with Gasteiger partial charge in [0.2, 0.25) is 0 Å². The first kappa shape index (κ1) is 34.7. The van der Waals surface area contributed by atoms with Crippen LogP contribution in [0.25, 0.3) is 0 Å². The summed E-state index contributed by atoms with van der Waals surface area (Å²) in [4.78, 5) is 9.86. The van der Waals surface area contributed by atoms with Crippen molar-refractivity contribution in [3.05, 3.63) is 35.9 Å². The molecular weight excluding hydrogens is 473 g/mol. The first-order valence-electron chi connectivity index (χ1n) is 14.4. The summed E-state index contributed by atoms with van der Waals surface area (Å²) < 4.78 is 17.2. The number of unbranched alkanes of at least 4 members (excludes halogenated alkanes) is 16. The Bertz CT molecular complexity index is 561. The minimum atomic E-state index is -3.42. The standard InChI is InChI=1S/C22H47O3PS.C7H9N/c1-3-5-7-9-11-13-15-17-19-21-25-26(23,24)27-22-20-18-16-14-12-10-8-6-4-2;8-6-7-4-2-1-3-5-7/h3-22H2,1-2H3,(H,23,24);1-5H,6,8H2. The highest BCUT2D eigenvalue weighted by molar-refractivity contribution is 8.54. The molecule has 0 fully saturated rings. The van der Waals surface area contributed by atoms with Crippen LogP contribution in [-0.4, -0.2) is 17.3 Å². The molecule has 206 valence electrons. The molecule has 0 spiro atoms. The molecule has 0 radical (unpaired) electrons. The van der Waals surface area contributed by atoms with E-state index in [1.54, 1.807) is 0 Å². The van der Waals surface area contributed by atoms with Gasteiger partial charge in [0.25, 0.3) is 0 Å². The molecule has 4 nitrogen and oxygen atoms in total. The van der Waals surface area contributed by atoms with E-state index in [-0.39, 0.29) is 0 Å². The highest BCUT2D eigenvalue weighted by atomic mass is 32.7. The minimum Gasteiger partial charge on any atom is -0.326 e. The SMILES string of the molecule is CCCCCCCCCCCOP(=O)(O)SCCCCCCCCCCC.NCc1ccccc1. The summed E-state index contributed by atoms with van der Waals surface area (Å²) in [5.74, 6) is 0.737. The Labute approximate surface area is 221 Å². The number of benzene rings is 1. The van der Waals surface area contributed by atoms with E-state index in [9.17, 15) is 9.46 Å². The van der Waals surface area contributed by atoms with E-state index in [1.165, 1.54) is 102 Å². The summed E-state index contributed by atoms with van der Waals surface area (Å²) in [7, 11) is 0. The summed E-state index contributed by atoms with van der Waals surface area (Å²) in [5.41, 5.74) is 6.54. The molecule has 0 aliphatic rings. The lowest BCUT2D eigenvalue weighted by molar-refractivity contribution is 0.268. The minimum absolute atomic E-state index is 0.425. The molecule has 35 heavy (non-hydrogen) atoms. The summed E-state index contributed by atoms with van der Waals surface area (Å²) in [6.07, 6.45) is 22.7. The van der Waals surface area contributed by atoms with Crippen LogP contribution in [0.4, 0.5) is 0 Å². The highest BCUT2D eigenvalue weighted by Gasteiger charge is 2.19. The molecule has 0 aliphatic carbocycles. The van der Waals surface area contributed by atoms with Gasteiger partial charge in [0, 0.05) is 12.3 Å². The molecule has 1 rings (SSSR count). The summed E-state index contributed by atoms with van der Waals surface area (Å²) in [6, 6.07) is 9.99. The maximum absolute atomic E-state index is 12.0. The number of hydrogen-bond donors (Lipinski definition) is 2. The normalized spacial score (nSPS) is 12.7. The fourth-order valence-corrected chi connectivity index (χ4v) is 6.36. The molecule has 0 bridgehead atoms. The van der Waals surface area contributed by atoms with E-state index in [1.807, 2.05) is 30.3 Å². The van der Waals surface area contributed by atoms with Gasteiger partial charge in [-0.05, 0) is 29.8 Å². The Morgan fingerprint density at radius 2 is 1.14 bits per heavy atom. The molecule has 0 aromatic heterocycles. The highest BCUT2D eigenvalue weighted by Crippen LogP contribution is 2.56. The van der Waals surface area contributed by atoms with Crippen molar-refractivity contribution in [2.45, 2.75) is 136 Å². The third-order valence-corrected chi connectivity index (χ3v) is 9.23. The molecule has 3 N–H and O–H groups in total. The molecule has 0 amide bonds. The summed E-state index contributed by atoms with van der Waals surface area (Å²) in [6.45, 7) is 2.13. The number of hydrogen-bond acceptors (Lipinski definition) is 4. The third kappa shape index (κ3) is 26.6.